The molecule has 25 heavy (non-hydrogen) atoms. The van der Waals surface area contributed by atoms with Gasteiger partial charge in [-0.05, 0) is 24.6 Å². The minimum atomic E-state index is -4.33. The second-order valence-electron chi connectivity index (χ2n) is 6.16. The first-order chi connectivity index (χ1) is 11.7. The molecule has 3 atom stereocenters. The fraction of sp³-hybridized carbons (Fsp3) is 0.412. The molecule has 1 aromatic heterocycles. The van der Waals surface area contributed by atoms with Gasteiger partial charge in [-0.1, -0.05) is 19.1 Å². The summed E-state index contributed by atoms with van der Waals surface area (Å²) in [7, 11) is 0. The van der Waals surface area contributed by atoms with Gasteiger partial charge in [0.05, 0.1) is 23.5 Å². The predicted octanol–water partition coefficient (Wildman–Crippen LogP) is 3.81. The number of benzene rings is 1. The lowest BCUT2D eigenvalue weighted by molar-refractivity contribution is -0.137. The molecule has 0 aliphatic carbocycles. The maximum Gasteiger partial charge on any atom is 0.416 e. The number of aromatic nitrogens is 1. The molecule has 2 aromatic rings. The summed E-state index contributed by atoms with van der Waals surface area (Å²) in [6.45, 7) is 3.77. The molecular formula is C17H18F3N3OS. The number of alkyl halides is 3. The van der Waals surface area contributed by atoms with Crippen LogP contribution in [0.1, 0.15) is 54.1 Å². The minimum absolute atomic E-state index is 0.0263. The fourth-order valence-electron chi connectivity index (χ4n) is 2.84. The number of carbonyl (C=O) groups excluding carboxylic acids is 1. The third-order valence-electron chi connectivity index (χ3n) is 4.22. The molecule has 1 aliphatic heterocycles. The van der Waals surface area contributed by atoms with Gasteiger partial charge in [0, 0.05) is 17.7 Å². The fourth-order valence-corrected chi connectivity index (χ4v) is 3.80. The van der Waals surface area contributed by atoms with E-state index in [2.05, 4.69) is 15.6 Å². The molecule has 1 saturated heterocycles. The summed E-state index contributed by atoms with van der Waals surface area (Å²) < 4.78 is 38.0. The van der Waals surface area contributed by atoms with E-state index in [0.29, 0.717) is 6.42 Å². The Hall–Kier alpha value is -1.93. The van der Waals surface area contributed by atoms with Crippen molar-refractivity contribution in [3.05, 3.63) is 51.5 Å². The number of thiazole rings is 1. The topological polar surface area (TPSA) is 54.0 Å². The zero-order valence-electron chi connectivity index (χ0n) is 13.7. The quantitative estimate of drug-likeness (QED) is 0.865. The van der Waals surface area contributed by atoms with Crippen molar-refractivity contribution in [2.45, 2.75) is 44.6 Å². The van der Waals surface area contributed by atoms with E-state index in [4.69, 9.17) is 0 Å². The summed E-state index contributed by atoms with van der Waals surface area (Å²) in [6, 6.07) is 5.02. The molecule has 2 heterocycles. The molecule has 1 aliphatic rings. The number of halogens is 3. The van der Waals surface area contributed by atoms with Gasteiger partial charge in [0.15, 0.2) is 0 Å². The Bertz CT molecular complexity index is 757. The van der Waals surface area contributed by atoms with Crippen molar-refractivity contribution in [3.63, 3.8) is 0 Å². The molecule has 3 unspecified atom stereocenters. The highest BCUT2D eigenvalue weighted by atomic mass is 32.1. The van der Waals surface area contributed by atoms with Crippen molar-refractivity contribution in [2.75, 3.05) is 0 Å². The van der Waals surface area contributed by atoms with Crippen LogP contribution < -0.4 is 10.6 Å². The molecule has 1 fully saturated rings. The Morgan fingerprint density at radius 3 is 2.56 bits per heavy atom. The third kappa shape index (κ3) is 4.01. The summed E-state index contributed by atoms with van der Waals surface area (Å²) in [5, 5.41) is 8.77. The molecule has 0 radical (unpaired) electrons. The lowest BCUT2D eigenvalue weighted by atomic mass is 10.00. The normalized spacial score (nSPS) is 22.5. The molecule has 0 bridgehead atoms. The van der Waals surface area contributed by atoms with Crippen LogP contribution in [0.4, 0.5) is 13.2 Å². The van der Waals surface area contributed by atoms with E-state index < -0.39 is 11.7 Å². The van der Waals surface area contributed by atoms with Gasteiger partial charge in [-0.2, -0.15) is 13.2 Å². The van der Waals surface area contributed by atoms with Crippen LogP contribution in [0.3, 0.4) is 0 Å². The Balaban J connectivity index is 1.76. The average Bonchev–Trinajstić information content (AvgIpc) is 3.02. The second-order valence-corrected chi connectivity index (χ2v) is 7.05. The highest BCUT2D eigenvalue weighted by Gasteiger charge is 2.30. The van der Waals surface area contributed by atoms with E-state index in [1.165, 1.54) is 23.5 Å². The van der Waals surface area contributed by atoms with Gasteiger partial charge in [-0.3, -0.25) is 10.1 Å². The van der Waals surface area contributed by atoms with Crippen LogP contribution in [0.15, 0.2) is 29.6 Å². The first-order valence-corrected chi connectivity index (χ1v) is 8.80. The van der Waals surface area contributed by atoms with Crippen LogP contribution in [0.5, 0.6) is 0 Å². The SMILES string of the molecule is CC1NC(=O)CC(c2csc(C(C)c3ccc(C(F)(F)F)cc3)n2)N1. The van der Waals surface area contributed by atoms with Gasteiger partial charge < -0.3 is 5.32 Å². The van der Waals surface area contributed by atoms with E-state index in [-0.39, 0.29) is 24.0 Å². The van der Waals surface area contributed by atoms with Gasteiger partial charge in [-0.15, -0.1) is 11.3 Å². The molecule has 1 aromatic carbocycles. The number of amides is 1. The van der Waals surface area contributed by atoms with Gasteiger partial charge in [0.1, 0.15) is 5.01 Å². The molecule has 3 rings (SSSR count). The zero-order chi connectivity index (χ0) is 18.2. The molecule has 134 valence electrons. The smallest absolute Gasteiger partial charge is 0.341 e. The van der Waals surface area contributed by atoms with E-state index in [0.717, 1.165) is 28.4 Å². The summed E-state index contributed by atoms with van der Waals surface area (Å²) in [5.74, 6) is -0.141. The van der Waals surface area contributed by atoms with Crippen molar-refractivity contribution in [1.29, 1.82) is 0 Å². The highest BCUT2D eigenvalue weighted by Crippen LogP contribution is 2.33. The molecule has 2 N–H and O–H groups in total. The minimum Gasteiger partial charge on any atom is -0.341 e. The van der Waals surface area contributed by atoms with Gasteiger partial charge in [0.2, 0.25) is 5.91 Å². The lowest BCUT2D eigenvalue weighted by Crippen LogP contribution is -2.51. The molecule has 4 nitrogen and oxygen atoms in total. The summed E-state index contributed by atoms with van der Waals surface area (Å²) in [6.07, 6.45) is -4.13. The largest absolute Gasteiger partial charge is 0.416 e. The van der Waals surface area contributed by atoms with Crippen molar-refractivity contribution in [2.24, 2.45) is 0 Å². The highest BCUT2D eigenvalue weighted by molar-refractivity contribution is 7.09. The number of nitrogens with zero attached hydrogens (tertiary/aromatic N) is 1. The van der Waals surface area contributed by atoms with E-state index >= 15 is 0 Å². The monoisotopic (exact) mass is 369 g/mol. The third-order valence-corrected chi connectivity index (χ3v) is 5.27. The molecule has 8 heteroatoms. The van der Waals surface area contributed by atoms with Gasteiger partial charge in [0.25, 0.3) is 0 Å². The predicted molar refractivity (Wildman–Crippen MR) is 89.2 cm³/mol. The first kappa shape index (κ1) is 17.9. The Morgan fingerprint density at radius 1 is 1.28 bits per heavy atom. The van der Waals surface area contributed by atoms with Crippen LogP contribution in [0, 0.1) is 0 Å². The lowest BCUT2D eigenvalue weighted by Gasteiger charge is -2.28. The van der Waals surface area contributed by atoms with E-state index in [1.807, 2.05) is 19.2 Å². The number of carbonyl (C=O) groups is 1. The molecule has 1 amide bonds. The maximum absolute atomic E-state index is 12.7. The Kier molecular flexibility index (Phi) is 4.83. The number of nitrogens with one attached hydrogen (secondary N) is 2. The van der Waals surface area contributed by atoms with E-state index in [1.54, 1.807) is 0 Å². The van der Waals surface area contributed by atoms with Crippen LogP contribution in [0.25, 0.3) is 0 Å². The van der Waals surface area contributed by atoms with Crippen LogP contribution in [-0.4, -0.2) is 17.1 Å². The van der Waals surface area contributed by atoms with Crippen LogP contribution >= 0.6 is 11.3 Å². The standard InChI is InChI=1S/C17H18F3N3OS/c1-9(11-3-5-12(6-4-11)17(18,19)20)16-23-14(8-25-16)13-7-15(24)22-10(2)21-13/h3-6,8-10,13,21H,7H2,1-2H3,(H,22,24). The summed E-state index contributed by atoms with van der Waals surface area (Å²) in [5.41, 5.74) is 0.909. The van der Waals surface area contributed by atoms with Crippen molar-refractivity contribution in [3.8, 4) is 0 Å². The van der Waals surface area contributed by atoms with Crippen molar-refractivity contribution >= 4 is 17.2 Å². The molecule has 0 spiro atoms. The summed E-state index contributed by atoms with van der Waals surface area (Å²) in [4.78, 5) is 16.3. The number of hydrogen-bond donors (Lipinski definition) is 2. The van der Waals surface area contributed by atoms with Crippen LogP contribution in [-0.2, 0) is 11.0 Å². The molecular weight excluding hydrogens is 351 g/mol. The number of rotatable bonds is 3. The first-order valence-electron chi connectivity index (χ1n) is 7.92. The zero-order valence-corrected chi connectivity index (χ0v) is 14.5. The Morgan fingerprint density at radius 2 is 1.96 bits per heavy atom. The van der Waals surface area contributed by atoms with Crippen molar-refractivity contribution in [1.82, 2.24) is 15.6 Å². The van der Waals surface area contributed by atoms with Crippen molar-refractivity contribution < 1.29 is 18.0 Å². The number of hydrogen-bond acceptors (Lipinski definition) is 4. The van der Waals surface area contributed by atoms with Gasteiger partial charge >= 0.3 is 6.18 Å². The average molecular weight is 369 g/mol. The maximum atomic E-state index is 12.7. The van der Waals surface area contributed by atoms with Gasteiger partial charge in [-0.25, -0.2) is 4.98 Å². The second kappa shape index (κ2) is 6.76. The Labute approximate surface area is 147 Å². The van der Waals surface area contributed by atoms with Crippen LogP contribution in [0.2, 0.25) is 0 Å². The molecule has 0 saturated carbocycles. The summed E-state index contributed by atoms with van der Waals surface area (Å²) >= 11 is 1.45. The van der Waals surface area contributed by atoms with E-state index in [9.17, 15) is 18.0 Å².